The van der Waals surface area contributed by atoms with E-state index in [0.29, 0.717) is 17.6 Å². The Balaban J connectivity index is 1.71. The maximum Gasteiger partial charge on any atom is 0.333 e. The average molecular weight is 294 g/mol. The van der Waals surface area contributed by atoms with Gasteiger partial charge in [0, 0.05) is 37.3 Å². The molecule has 0 bridgehead atoms. The molecule has 0 radical (unpaired) electrons. The predicted octanol–water partition coefficient (Wildman–Crippen LogP) is -0.0502. The quantitative estimate of drug-likeness (QED) is 0.562. The SMILES string of the molecule is O=C(CCCCN1C(=O)C=CC1=O)On1c(O)ccc1O. The van der Waals surface area contributed by atoms with Crippen LogP contribution in [0.1, 0.15) is 19.3 Å². The van der Waals surface area contributed by atoms with Crippen molar-refractivity contribution in [2.24, 2.45) is 0 Å². The zero-order valence-corrected chi connectivity index (χ0v) is 11.1. The van der Waals surface area contributed by atoms with Crippen LogP contribution >= 0.6 is 0 Å². The van der Waals surface area contributed by atoms with Gasteiger partial charge in [0.1, 0.15) is 0 Å². The Morgan fingerprint density at radius 1 is 1.05 bits per heavy atom. The second-order valence-electron chi connectivity index (χ2n) is 4.43. The van der Waals surface area contributed by atoms with E-state index < -0.39 is 5.97 Å². The Labute approximate surface area is 119 Å². The van der Waals surface area contributed by atoms with Crippen LogP contribution in [0.4, 0.5) is 0 Å². The minimum Gasteiger partial charge on any atom is -0.492 e. The Hall–Kier alpha value is -2.77. The van der Waals surface area contributed by atoms with E-state index in [1.165, 1.54) is 24.3 Å². The van der Waals surface area contributed by atoms with Crippen molar-refractivity contribution in [2.45, 2.75) is 19.3 Å². The van der Waals surface area contributed by atoms with E-state index >= 15 is 0 Å². The van der Waals surface area contributed by atoms with Gasteiger partial charge in [0.05, 0.1) is 0 Å². The highest BCUT2D eigenvalue weighted by Gasteiger charge is 2.22. The van der Waals surface area contributed by atoms with Gasteiger partial charge in [-0.25, -0.2) is 4.79 Å². The van der Waals surface area contributed by atoms with Crippen LogP contribution in [-0.4, -0.2) is 44.2 Å². The monoisotopic (exact) mass is 294 g/mol. The molecule has 0 unspecified atom stereocenters. The molecule has 1 aliphatic rings. The summed E-state index contributed by atoms with van der Waals surface area (Å²) < 4.78 is 0.611. The molecule has 21 heavy (non-hydrogen) atoms. The van der Waals surface area contributed by atoms with Crippen LogP contribution in [0.5, 0.6) is 11.8 Å². The molecule has 2 rings (SSSR count). The lowest BCUT2D eigenvalue weighted by Gasteiger charge is -2.13. The molecule has 0 spiro atoms. The molecule has 2 heterocycles. The minimum absolute atomic E-state index is 0.0285. The molecular weight excluding hydrogens is 280 g/mol. The topological polar surface area (TPSA) is 109 Å². The van der Waals surface area contributed by atoms with E-state index in [2.05, 4.69) is 0 Å². The molecule has 0 aromatic carbocycles. The van der Waals surface area contributed by atoms with Crippen LogP contribution in [0.25, 0.3) is 0 Å². The molecule has 0 atom stereocenters. The molecule has 2 N–H and O–H groups in total. The Kier molecular flexibility index (Phi) is 4.27. The third-order valence-electron chi connectivity index (χ3n) is 2.90. The van der Waals surface area contributed by atoms with Crippen LogP contribution in [0.2, 0.25) is 0 Å². The van der Waals surface area contributed by atoms with Crippen molar-refractivity contribution < 1.29 is 29.4 Å². The number of hydrogen-bond acceptors (Lipinski definition) is 6. The fourth-order valence-electron chi connectivity index (χ4n) is 1.83. The highest BCUT2D eigenvalue weighted by Crippen LogP contribution is 2.19. The number of aromatic hydroxyl groups is 2. The Morgan fingerprint density at radius 2 is 1.62 bits per heavy atom. The molecule has 0 saturated carbocycles. The predicted molar refractivity (Wildman–Crippen MR) is 69.1 cm³/mol. The third kappa shape index (κ3) is 3.41. The fourth-order valence-corrected chi connectivity index (χ4v) is 1.83. The summed E-state index contributed by atoms with van der Waals surface area (Å²) in [6, 6.07) is 2.36. The number of imide groups is 1. The molecule has 1 aromatic rings. The van der Waals surface area contributed by atoms with E-state index in [0.717, 1.165) is 4.90 Å². The van der Waals surface area contributed by atoms with Crippen LogP contribution in [0, 0.1) is 0 Å². The molecule has 1 aliphatic heterocycles. The lowest BCUT2D eigenvalue weighted by Crippen LogP contribution is -2.31. The highest BCUT2D eigenvalue weighted by molar-refractivity contribution is 6.12. The standard InChI is InChI=1S/C13H14N2O6/c16-9-4-5-10(17)14(9)8-2-1-3-13(20)21-15-11(18)6-7-12(15)19/h4-7,18-19H,1-3,8H2. The van der Waals surface area contributed by atoms with Crippen LogP contribution < -0.4 is 4.84 Å². The van der Waals surface area contributed by atoms with Gasteiger partial charge in [-0.1, -0.05) is 0 Å². The summed E-state index contributed by atoms with van der Waals surface area (Å²) in [5.74, 6) is -2.14. The number of amides is 2. The van der Waals surface area contributed by atoms with Gasteiger partial charge < -0.3 is 15.1 Å². The Morgan fingerprint density at radius 3 is 2.19 bits per heavy atom. The van der Waals surface area contributed by atoms with E-state index in [1.807, 2.05) is 0 Å². The zero-order chi connectivity index (χ0) is 15.4. The molecule has 2 amide bonds. The van der Waals surface area contributed by atoms with Gasteiger partial charge in [-0.3, -0.25) is 14.5 Å². The van der Waals surface area contributed by atoms with Crippen molar-refractivity contribution in [2.75, 3.05) is 6.54 Å². The molecule has 0 saturated heterocycles. The summed E-state index contributed by atoms with van der Waals surface area (Å²) in [5, 5.41) is 18.6. The van der Waals surface area contributed by atoms with Crippen LogP contribution in [-0.2, 0) is 14.4 Å². The van der Waals surface area contributed by atoms with Gasteiger partial charge in [-0.15, -0.1) is 4.73 Å². The summed E-state index contributed by atoms with van der Waals surface area (Å²) in [4.78, 5) is 39.9. The molecule has 0 aliphatic carbocycles. The highest BCUT2D eigenvalue weighted by atomic mass is 16.7. The Bertz CT molecular complexity index is 566. The summed E-state index contributed by atoms with van der Waals surface area (Å²) >= 11 is 0. The first-order valence-electron chi connectivity index (χ1n) is 6.33. The summed E-state index contributed by atoms with van der Waals surface area (Å²) in [7, 11) is 0. The second-order valence-corrected chi connectivity index (χ2v) is 4.43. The van der Waals surface area contributed by atoms with Crippen molar-refractivity contribution in [1.82, 2.24) is 9.63 Å². The van der Waals surface area contributed by atoms with Crippen molar-refractivity contribution in [3.05, 3.63) is 24.3 Å². The lowest BCUT2D eigenvalue weighted by molar-refractivity contribution is -0.145. The first-order valence-corrected chi connectivity index (χ1v) is 6.33. The normalized spacial score (nSPS) is 14.0. The number of unbranched alkanes of at least 4 members (excludes halogenated alkanes) is 1. The van der Waals surface area contributed by atoms with Gasteiger partial charge in [0.25, 0.3) is 11.8 Å². The smallest absolute Gasteiger partial charge is 0.333 e. The van der Waals surface area contributed by atoms with Crippen molar-refractivity contribution in [3.8, 4) is 11.8 Å². The first-order chi connectivity index (χ1) is 9.99. The lowest BCUT2D eigenvalue weighted by atomic mass is 10.2. The van der Waals surface area contributed by atoms with E-state index in [1.54, 1.807) is 0 Å². The van der Waals surface area contributed by atoms with Crippen LogP contribution in [0.3, 0.4) is 0 Å². The molecule has 8 nitrogen and oxygen atoms in total. The molecular formula is C13H14N2O6. The third-order valence-corrected chi connectivity index (χ3v) is 2.90. The number of hydrogen-bond donors (Lipinski definition) is 2. The van der Waals surface area contributed by atoms with Gasteiger partial charge in [-0.05, 0) is 12.8 Å². The molecule has 0 fully saturated rings. The van der Waals surface area contributed by atoms with Crippen molar-refractivity contribution in [3.63, 3.8) is 0 Å². The summed E-state index contributed by atoms with van der Waals surface area (Å²) in [5.41, 5.74) is 0. The average Bonchev–Trinajstić information content (AvgIpc) is 2.92. The number of carbonyl (C=O) groups excluding carboxylic acids is 3. The van der Waals surface area contributed by atoms with E-state index in [-0.39, 0.29) is 36.5 Å². The maximum atomic E-state index is 11.5. The minimum atomic E-state index is -0.644. The van der Waals surface area contributed by atoms with Gasteiger partial charge in [0.2, 0.25) is 11.8 Å². The van der Waals surface area contributed by atoms with Crippen molar-refractivity contribution in [1.29, 1.82) is 0 Å². The second kappa shape index (κ2) is 6.12. The first kappa shape index (κ1) is 14.6. The zero-order valence-electron chi connectivity index (χ0n) is 11.1. The number of nitrogens with zero attached hydrogens (tertiary/aromatic N) is 2. The maximum absolute atomic E-state index is 11.5. The van der Waals surface area contributed by atoms with Gasteiger partial charge >= 0.3 is 5.97 Å². The summed E-state index contributed by atoms with van der Waals surface area (Å²) in [6.07, 6.45) is 3.29. The number of aromatic nitrogens is 1. The fraction of sp³-hybridized carbons (Fsp3) is 0.308. The number of rotatable bonds is 6. The van der Waals surface area contributed by atoms with Gasteiger partial charge in [-0.2, -0.15) is 0 Å². The molecule has 112 valence electrons. The molecule has 1 aromatic heterocycles. The van der Waals surface area contributed by atoms with E-state index in [4.69, 9.17) is 4.84 Å². The number of carbonyl (C=O) groups is 3. The van der Waals surface area contributed by atoms with Crippen LogP contribution in [0.15, 0.2) is 24.3 Å². The van der Waals surface area contributed by atoms with Gasteiger partial charge in [0.15, 0.2) is 0 Å². The van der Waals surface area contributed by atoms with E-state index in [9.17, 15) is 24.6 Å². The largest absolute Gasteiger partial charge is 0.492 e. The molecule has 8 heteroatoms. The summed E-state index contributed by atoms with van der Waals surface area (Å²) in [6.45, 7) is 0.234. The van der Waals surface area contributed by atoms with Crippen molar-refractivity contribution >= 4 is 17.8 Å².